The third-order valence-corrected chi connectivity index (χ3v) is 6.14. The molecular formula is C17H24O2S. The maximum atomic E-state index is 10.8. The van der Waals surface area contributed by atoms with Crippen LogP contribution in [-0.2, 0) is 4.74 Å². The Bertz CT molecular complexity index is 428. The topological polar surface area (TPSA) is 29.5 Å². The summed E-state index contributed by atoms with van der Waals surface area (Å²) in [5, 5.41) is 10.8. The van der Waals surface area contributed by atoms with Crippen LogP contribution in [0.3, 0.4) is 0 Å². The lowest BCUT2D eigenvalue weighted by molar-refractivity contribution is -0.104. The van der Waals surface area contributed by atoms with E-state index >= 15 is 0 Å². The zero-order valence-electron chi connectivity index (χ0n) is 12.1. The third kappa shape index (κ3) is 2.90. The van der Waals surface area contributed by atoms with Gasteiger partial charge in [0.1, 0.15) is 0 Å². The van der Waals surface area contributed by atoms with Crippen LogP contribution in [0.15, 0.2) is 30.3 Å². The van der Waals surface area contributed by atoms with Gasteiger partial charge in [0.2, 0.25) is 0 Å². The zero-order valence-corrected chi connectivity index (χ0v) is 12.9. The van der Waals surface area contributed by atoms with E-state index in [4.69, 9.17) is 4.74 Å². The van der Waals surface area contributed by atoms with Crippen LogP contribution in [0.5, 0.6) is 0 Å². The molecule has 4 unspecified atom stereocenters. The van der Waals surface area contributed by atoms with Crippen LogP contribution in [0.4, 0.5) is 0 Å². The highest BCUT2D eigenvalue weighted by atomic mass is 32.2. The van der Waals surface area contributed by atoms with E-state index in [0.29, 0.717) is 5.92 Å². The molecule has 2 aliphatic heterocycles. The first-order valence-corrected chi connectivity index (χ1v) is 8.80. The Morgan fingerprint density at radius 3 is 2.85 bits per heavy atom. The summed E-state index contributed by atoms with van der Waals surface area (Å²) in [7, 11) is 0. The summed E-state index contributed by atoms with van der Waals surface area (Å²) in [5.41, 5.74) is 1.30. The molecule has 0 amide bonds. The van der Waals surface area contributed by atoms with E-state index in [0.717, 1.165) is 31.6 Å². The minimum atomic E-state index is -0.260. The van der Waals surface area contributed by atoms with Gasteiger partial charge in [-0.15, -0.1) is 0 Å². The van der Waals surface area contributed by atoms with Gasteiger partial charge in [-0.3, -0.25) is 0 Å². The van der Waals surface area contributed by atoms with E-state index in [1.165, 1.54) is 11.3 Å². The highest BCUT2D eigenvalue weighted by molar-refractivity contribution is 7.99. The van der Waals surface area contributed by atoms with Gasteiger partial charge in [-0.05, 0) is 36.5 Å². The van der Waals surface area contributed by atoms with Crippen LogP contribution >= 0.6 is 11.8 Å². The molecule has 1 N–H and O–H groups in total. The van der Waals surface area contributed by atoms with Gasteiger partial charge in [-0.2, -0.15) is 11.8 Å². The molecule has 2 heterocycles. The van der Waals surface area contributed by atoms with Crippen molar-refractivity contribution in [3.8, 4) is 0 Å². The van der Waals surface area contributed by atoms with Crippen molar-refractivity contribution in [1.82, 2.24) is 0 Å². The Balaban J connectivity index is 1.68. The van der Waals surface area contributed by atoms with E-state index in [1.807, 2.05) is 17.8 Å². The molecule has 0 aliphatic carbocycles. The Labute approximate surface area is 125 Å². The standard InChI is InChI=1S/C17H24O2S/c1-13(14-5-3-2-4-6-14)16(18)15-7-9-19-17(11-15)8-10-20-12-17/h2-6,13,15-16,18H,7-12H2,1H3. The molecule has 0 radical (unpaired) electrons. The van der Waals surface area contributed by atoms with Crippen molar-refractivity contribution < 1.29 is 9.84 Å². The van der Waals surface area contributed by atoms with E-state index in [2.05, 4.69) is 31.2 Å². The van der Waals surface area contributed by atoms with Crippen LogP contribution < -0.4 is 0 Å². The summed E-state index contributed by atoms with van der Waals surface area (Å²) in [6, 6.07) is 10.4. The minimum absolute atomic E-state index is 0.0605. The Kier molecular flexibility index (Phi) is 4.39. The maximum Gasteiger partial charge on any atom is 0.0783 e. The van der Waals surface area contributed by atoms with Gasteiger partial charge in [0, 0.05) is 18.3 Å². The highest BCUT2D eigenvalue weighted by Gasteiger charge is 2.43. The first-order chi connectivity index (χ1) is 9.70. The summed E-state index contributed by atoms with van der Waals surface area (Å²) in [4.78, 5) is 0. The number of aliphatic hydroxyl groups is 1. The molecule has 4 atom stereocenters. The first kappa shape index (κ1) is 14.4. The fraction of sp³-hybridized carbons (Fsp3) is 0.647. The molecular weight excluding hydrogens is 268 g/mol. The molecule has 1 spiro atoms. The molecule has 110 valence electrons. The van der Waals surface area contributed by atoms with E-state index in [9.17, 15) is 5.11 Å². The molecule has 0 bridgehead atoms. The Hall–Kier alpha value is -0.510. The number of benzene rings is 1. The average Bonchev–Trinajstić information content (AvgIpc) is 2.94. The third-order valence-electron chi connectivity index (χ3n) is 4.92. The molecule has 1 aromatic rings. The summed E-state index contributed by atoms with van der Waals surface area (Å²) < 4.78 is 6.06. The molecule has 3 rings (SSSR count). The normalized spacial score (nSPS) is 33.2. The fourth-order valence-electron chi connectivity index (χ4n) is 3.58. The molecule has 2 aliphatic rings. The van der Waals surface area contributed by atoms with Gasteiger partial charge in [0.15, 0.2) is 0 Å². The SMILES string of the molecule is CC(c1ccccc1)C(O)C1CCOC2(CCSC2)C1. The molecule has 2 nitrogen and oxygen atoms in total. The van der Waals surface area contributed by atoms with Crippen molar-refractivity contribution in [2.24, 2.45) is 5.92 Å². The predicted octanol–water partition coefficient (Wildman–Crippen LogP) is 3.45. The second kappa shape index (κ2) is 6.08. The molecule has 0 saturated carbocycles. The first-order valence-electron chi connectivity index (χ1n) is 7.65. The number of aliphatic hydroxyl groups excluding tert-OH is 1. The van der Waals surface area contributed by atoms with Gasteiger partial charge in [0.25, 0.3) is 0 Å². The smallest absolute Gasteiger partial charge is 0.0783 e. The van der Waals surface area contributed by atoms with Crippen molar-refractivity contribution in [2.75, 3.05) is 18.1 Å². The molecule has 2 fully saturated rings. The Morgan fingerprint density at radius 2 is 2.15 bits per heavy atom. The fourth-order valence-corrected chi connectivity index (χ4v) is 4.96. The maximum absolute atomic E-state index is 10.8. The second-order valence-electron chi connectivity index (χ2n) is 6.28. The van der Waals surface area contributed by atoms with Gasteiger partial charge >= 0.3 is 0 Å². The number of hydrogen-bond donors (Lipinski definition) is 1. The summed E-state index contributed by atoms with van der Waals surface area (Å²) in [6.07, 6.45) is 2.91. The van der Waals surface area contributed by atoms with Crippen LogP contribution in [0, 0.1) is 5.92 Å². The predicted molar refractivity (Wildman–Crippen MR) is 84.2 cm³/mol. The van der Waals surface area contributed by atoms with Gasteiger partial charge in [-0.1, -0.05) is 37.3 Å². The highest BCUT2D eigenvalue weighted by Crippen LogP contribution is 2.43. The molecule has 2 saturated heterocycles. The quantitative estimate of drug-likeness (QED) is 0.925. The van der Waals surface area contributed by atoms with Gasteiger partial charge in [-0.25, -0.2) is 0 Å². The second-order valence-corrected chi connectivity index (χ2v) is 7.38. The summed E-state index contributed by atoms with van der Waals surface area (Å²) in [6.45, 7) is 2.95. The van der Waals surface area contributed by atoms with Gasteiger partial charge in [0.05, 0.1) is 11.7 Å². The lowest BCUT2D eigenvalue weighted by Gasteiger charge is -2.41. The van der Waals surface area contributed by atoms with Crippen molar-refractivity contribution in [3.05, 3.63) is 35.9 Å². The average molecular weight is 292 g/mol. The van der Waals surface area contributed by atoms with Crippen molar-refractivity contribution in [1.29, 1.82) is 0 Å². The molecule has 1 aromatic carbocycles. The van der Waals surface area contributed by atoms with Gasteiger partial charge < -0.3 is 9.84 Å². The lowest BCUT2D eigenvalue weighted by Crippen LogP contribution is -2.44. The van der Waals surface area contributed by atoms with Crippen LogP contribution in [0.1, 0.15) is 37.7 Å². The summed E-state index contributed by atoms with van der Waals surface area (Å²) in [5.74, 6) is 2.88. The number of rotatable bonds is 3. The minimum Gasteiger partial charge on any atom is -0.392 e. The zero-order chi connectivity index (χ0) is 14.0. The van der Waals surface area contributed by atoms with E-state index in [1.54, 1.807) is 0 Å². The number of thioether (sulfide) groups is 1. The van der Waals surface area contributed by atoms with Crippen molar-refractivity contribution >= 4 is 11.8 Å². The molecule has 3 heteroatoms. The monoisotopic (exact) mass is 292 g/mol. The van der Waals surface area contributed by atoms with Crippen molar-refractivity contribution in [3.63, 3.8) is 0 Å². The lowest BCUT2D eigenvalue weighted by atomic mass is 9.77. The van der Waals surface area contributed by atoms with Crippen LogP contribution in [0.25, 0.3) is 0 Å². The van der Waals surface area contributed by atoms with Crippen molar-refractivity contribution in [2.45, 2.75) is 43.8 Å². The van der Waals surface area contributed by atoms with Crippen LogP contribution in [0.2, 0.25) is 0 Å². The van der Waals surface area contributed by atoms with Crippen LogP contribution in [-0.4, -0.2) is 34.9 Å². The number of ether oxygens (including phenoxy) is 1. The molecule has 0 aromatic heterocycles. The molecule has 20 heavy (non-hydrogen) atoms. The number of hydrogen-bond acceptors (Lipinski definition) is 3. The Morgan fingerprint density at radius 1 is 1.35 bits per heavy atom. The van der Waals surface area contributed by atoms with E-state index in [-0.39, 0.29) is 17.6 Å². The van der Waals surface area contributed by atoms with E-state index < -0.39 is 0 Å². The summed E-state index contributed by atoms with van der Waals surface area (Å²) >= 11 is 1.99. The largest absolute Gasteiger partial charge is 0.392 e.